The van der Waals surface area contributed by atoms with Crippen molar-refractivity contribution in [2.75, 3.05) is 53.1 Å². The maximum Gasteiger partial charge on any atom is 0.357 e. The molecule has 0 radical (unpaired) electrons. The number of carbonyl (C=O) groups excluding carboxylic acids is 1. The van der Waals surface area contributed by atoms with Gasteiger partial charge in [-0.25, -0.2) is 14.6 Å². The summed E-state index contributed by atoms with van der Waals surface area (Å²) in [7, 11) is 1.47. The topological polar surface area (TPSA) is 130 Å². The lowest BCUT2D eigenvalue weighted by Crippen LogP contribution is -2.38. The van der Waals surface area contributed by atoms with E-state index >= 15 is 0 Å². The molecule has 0 amide bonds. The first-order chi connectivity index (χ1) is 17.9. The molecular formula is C27H33N3O7. The Morgan fingerprint density at radius 1 is 1.27 bits per heavy atom. The van der Waals surface area contributed by atoms with Crippen LogP contribution in [0.1, 0.15) is 51.2 Å². The number of benzene rings is 1. The van der Waals surface area contributed by atoms with Crippen LogP contribution >= 0.6 is 0 Å². The van der Waals surface area contributed by atoms with Gasteiger partial charge in [-0.1, -0.05) is 12.7 Å². The summed E-state index contributed by atoms with van der Waals surface area (Å²) < 4.78 is 16.3. The average Bonchev–Trinajstić information content (AvgIpc) is 3.75. The Labute approximate surface area is 215 Å². The van der Waals surface area contributed by atoms with E-state index in [1.54, 1.807) is 18.2 Å². The number of methoxy groups -OCH3 is 1. The second kappa shape index (κ2) is 12.3. The summed E-state index contributed by atoms with van der Waals surface area (Å²) in [6.07, 6.45) is 2.66. The van der Waals surface area contributed by atoms with Crippen LogP contribution < -0.4 is 10.1 Å². The van der Waals surface area contributed by atoms with Gasteiger partial charge < -0.3 is 24.4 Å². The van der Waals surface area contributed by atoms with Crippen LogP contribution in [-0.2, 0) is 9.47 Å². The van der Waals surface area contributed by atoms with Crippen LogP contribution in [0.3, 0.4) is 0 Å². The molecule has 1 saturated carbocycles. The fourth-order valence-corrected chi connectivity index (χ4v) is 4.20. The largest absolute Gasteiger partial charge is 0.496 e. The van der Waals surface area contributed by atoms with E-state index in [9.17, 15) is 19.8 Å². The predicted octanol–water partition coefficient (Wildman–Crippen LogP) is 2.58. The molecule has 1 atom stereocenters. The number of aromatic carboxylic acids is 1. The summed E-state index contributed by atoms with van der Waals surface area (Å²) in [5.41, 5.74) is 1.14. The molecule has 2 fully saturated rings. The Balaban J connectivity index is 1.67. The Kier molecular flexibility index (Phi) is 8.88. The highest BCUT2D eigenvalue weighted by molar-refractivity contribution is 6.02. The van der Waals surface area contributed by atoms with Crippen molar-refractivity contribution in [2.45, 2.75) is 19.1 Å². The van der Waals surface area contributed by atoms with Crippen molar-refractivity contribution in [1.82, 2.24) is 15.2 Å². The molecule has 37 heavy (non-hydrogen) atoms. The van der Waals surface area contributed by atoms with Gasteiger partial charge in [-0.15, -0.1) is 0 Å². The quantitative estimate of drug-likeness (QED) is 0.289. The summed E-state index contributed by atoms with van der Waals surface area (Å²) in [4.78, 5) is 32.0. The molecule has 1 saturated heterocycles. The zero-order valence-electron chi connectivity index (χ0n) is 20.9. The van der Waals surface area contributed by atoms with Crippen molar-refractivity contribution in [3.05, 3.63) is 53.4 Å². The third-order valence-electron chi connectivity index (χ3n) is 6.54. The minimum Gasteiger partial charge on any atom is -0.496 e. The number of pyridine rings is 1. The molecular weight excluding hydrogens is 478 g/mol. The highest BCUT2D eigenvalue weighted by Crippen LogP contribution is 2.34. The Morgan fingerprint density at radius 2 is 2.03 bits per heavy atom. The number of esters is 1. The first-order valence-electron chi connectivity index (χ1n) is 12.4. The van der Waals surface area contributed by atoms with E-state index in [-0.39, 0.29) is 34.7 Å². The van der Waals surface area contributed by atoms with Crippen molar-refractivity contribution in [1.29, 1.82) is 0 Å². The first-order valence-corrected chi connectivity index (χ1v) is 12.4. The van der Waals surface area contributed by atoms with Crippen molar-refractivity contribution in [3.63, 3.8) is 0 Å². The second-order valence-corrected chi connectivity index (χ2v) is 9.13. The zero-order valence-corrected chi connectivity index (χ0v) is 20.9. The summed E-state index contributed by atoms with van der Waals surface area (Å²) >= 11 is 0. The van der Waals surface area contributed by atoms with Crippen LogP contribution in [0.15, 0.2) is 30.8 Å². The third-order valence-corrected chi connectivity index (χ3v) is 6.54. The summed E-state index contributed by atoms with van der Waals surface area (Å²) in [6.45, 7) is 7.82. The maximum atomic E-state index is 13.3. The summed E-state index contributed by atoms with van der Waals surface area (Å²) in [6, 6.07) is 6.14. The number of aliphatic hydroxyl groups excluding tert-OH is 1. The molecule has 2 aliphatic rings. The first kappa shape index (κ1) is 26.7. The maximum absolute atomic E-state index is 13.3. The van der Waals surface area contributed by atoms with Crippen LogP contribution in [0.25, 0.3) is 17.2 Å². The number of carboxylic acids is 1. The smallest absolute Gasteiger partial charge is 0.357 e. The van der Waals surface area contributed by atoms with E-state index in [1.807, 2.05) is 0 Å². The zero-order chi connectivity index (χ0) is 26.4. The lowest BCUT2D eigenvalue weighted by atomic mass is 9.95. The number of carboxylic acid groups (broad SMARTS) is 1. The number of hydrogen-bond acceptors (Lipinski definition) is 9. The lowest BCUT2D eigenvalue weighted by Gasteiger charge is -2.26. The number of rotatable bonds is 12. The van der Waals surface area contributed by atoms with E-state index in [2.05, 4.69) is 21.8 Å². The number of nitrogens with zero attached hydrogens (tertiary/aromatic N) is 2. The van der Waals surface area contributed by atoms with E-state index in [0.717, 1.165) is 25.9 Å². The molecule has 10 nitrogen and oxygen atoms in total. The van der Waals surface area contributed by atoms with Crippen molar-refractivity contribution < 1.29 is 34.0 Å². The normalized spacial score (nSPS) is 16.7. The van der Waals surface area contributed by atoms with Gasteiger partial charge >= 0.3 is 11.9 Å². The second-order valence-electron chi connectivity index (χ2n) is 9.13. The highest BCUT2D eigenvalue weighted by Gasteiger charge is 2.26. The molecule has 3 N–H and O–H groups in total. The molecule has 4 rings (SSSR count). The molecule has 0 bridgehead atoms. The number of aromatic nitrogens is 1. The van der Waals surface area contributed by atoms with Crippen LogP contribution in [0.5, 0.6) is 5.75 Å². The Morgan fingerprint density at radius 3 is 2.68 bits per heavy atom. The van der Waals surface area contributed by atoms with E-state index < -0.39 is 18.2 Å². The van der Waals surface area contributed by atoms with E-state index in [1.165, 1.54) is 19.3 Å². The van der Waals surface area contributed by atoms with Gasteiger partial charge in [0.1, 0.15) is 18.6 Å². The molecule has 2 aromatic rings. The minimum absolute atomic E-state index is 0.0416. The fourth-order valence-electron chi connectivity index (χ4n) is 4.20. The van der Waals surface area contributed by atoms with Gasteiger partial charge in [0.05, 0.1) is 31.6 Å². The number of ether oxygens (including phenoxy) is 3. The van der Waals surface area contributed by atoms with E-state index in [0.29, 0.717) is 43.5 Å². The standard InChI is InChI=1S/C27H33N3O7/c1-3-18-14-21(26(32)33)20(15-23(18)35-2)19-6-7-22(25(31)28-16-17-4-5-17)29-24(19)27(34)37-13-10-30-8-11-36-12-9-30/h3,6-7,14-15,17,25,28,31H,1,4-5,8-13,16H2,2H3,(H,32,33). The molecule has 1 aromatic carbocycles. The number of carbonyl (C=O) groups is 2. The van der Waals surface area contributed by atoms with Gasteiger partial charge in [-0.05, 0) is 43.0 Å². The predicted molar refractivity (Wildman–Crippen MR) is 137 cm³/mol. The minimum atomic E-state index is -1.18. The molecule has 198 valence electrons. The molecule has 1 aliphatic carbocycles. The van der Waals surface area contributed by atoms with Gasteiger partial charge in [0.2, 0.25) is 0 Å². The highest BCUT2D eigenvalue weighted by atomic mass is 16.5. The monoisotopic (exact) mass is 511 g/mol. The number of hydrogen-bond donors (Lipinski definition) is 3. The molecule has 2 heterocycles. The van der Waals surface area contributed by atoms with Crippen molar-refractivity contribution in [3.8, 4) is 16.9 Å². The summed E-state index contributed by atoms with van der Waals surface area (Å²) in [5.74, 6) is -0.949. The Hall–Kier alpha value is -3.31. The number of morpholine rings is 1. The average molecular weight is 512 g/mol. The van der Waals surface area contributed by atoms with Crippen LogP contribution in [0.4, 0.5) is 0 Å². The van der Waals surface area contributed by atoms with Crippen LogP contribution in [0, 0.1) is 5.92 Å². The number of nitrogens with one attached hydrogen (secondary N) is 1. The molecule has 1 aliphatic heterocycles. The third kappa shape index (κ3) is 6.72. The van der Waals surface area contributed by atoms with Crippen molar-refractivity contribution >= 4 is 18.0 Å². The fraction of sp³-hybridized carbons (Fsp3) is 0.444. The molecule has 1 aromatic heterocycles. The van der Waals surface area contributed by atoms with Gasteiger partial charge in [0, 0.05) is 42.9 Å². The SMILES string of the molecule is C=Cc1cc(C(=O)O)c(-c2ccc(C(O)NCC3CC3)nc2C(=O)OCCN2CCOCC2)cc1OC. The number of aliphatic hydroxyl groups is 1. The van der Waals surface area contributed by atoms with Gasteiger partial charge in [-0.2, -0.15) is 0 Å². The van der Waals surface area contributed by atoms with Gasteiger partial charge in [-0.3, -0.25) is 10.2 Å². The lowest BCUT2D eigenvalue weighted by molar-refractivity contribution is 0.0193. The van der Waals surface area contributed by atoms with Gasteiger partial charge in [0.15, 0.2) is 5.69 Å². The molecule has 1 unspecified atom stereocenters. The van der Waals surface area contributed by atoms with Crippen LogP contribution in [0.2, 0.25) is 0 Å². The molecule has 0 spiro atoms. The molecule has 10 heteroatoms. The van der Waals surface area contributed by atoms with Crippen LogP contribution in [-0.4, -0.2) is 85.1 Å². The summed E-state index contributed by atoms with van der Waals surface area (Å²) in [5, 5.41) is 23.6. The van der Waals surface area contributed by atoms with Crippen molar-refractivity contribution in [2.24, 2.45) is 5.92 Å². The Bertz CT molecular complexity index is 1140. The van der Waals surface area contributed by atoms with E-state index in [4.69, 9.17) is 14.2 Å². The van der Waals surface area contributed by atoms with Gasteiger partial charge in [0.25, 0.3) is 0 Å².